The smallest absolute Gasteiger partial charge is 0.127 e. The number of halogens is 4. The molecule has 19 heavy (non-hydrogen) atoms. The van der Waals surface area contributed by atoms with Gasteiger partial charge in [-0.15, -0.1) is 0 Å². The average molecular weight is 362 g/mol. The summed E-state index contributed by atoms with van der Waals surface area (Å²) in [6, 6.07) is 12.5. The zero-order valence-electron chi connectivity index (χ0n) is 10.0. The van der Waals surface area contributed by atoms with Gasteiger partial charge in [0, 0.05) is 15.4 Å². The number of hydrogen-bond donors (Lipinski definition) is 0. The minimum absolute atomic E-state index is 0.175. The highest BCUT2D eigenvalue weighted by molar-refractivity contribution is 9.09. The monoisotopic (exact) mass is 360 g/mol. The molecule has 1 unspecified atom stereocenters. The first-order valence-electron chi connectivity index (χ1n) is 5.85. The SMILES string of the molecule is Fc1cc(Cl)ccc1CC(CBr)c1cccc(Cl)c1. The van der Waals surface area contributed by atoms with Gasteiger partial charge in [0.25, 0.3) is 0 Å². The molecule has 0 N–H and O–H groups in total. The third-order valence-electron chi connectivity index (χ3n) is 2.99. The van der Waals surface area contributed by atoms with Crippen LogP contribution < -0.4 is 0 Å². The van der Waals surface area contributed by atoms with Crippen molar-refractivity contribution in [3.05, 3.63) is 69.5 Å². The molecule has 2 rings (SSSR count). The highest BCUT2D eigenvalue weighted by atomic mass is 79.9. The summed E-state index contributed by atoms with van der Waals surface area (Å²) >= 11 is 15.2. The van der Waals surface area contributed by atoms with Gasteiger partial charge in [-0.05, 0) is 47.7 Å². The summed E-state index contributed by atoms with van der Waals surface area (Å²) in [6.07, 6.45) is 0.606. The highest BCUT2D eigenvalue weighted by Gasteiger charge is 2.14. The normalized spacial score (nSPS) is 12.4. The van der Waals surface area contributed by atoms with Gasteiger partial charge in [0.15, 0.2) is 0 Å². The molecule has 0 nitrogen and oxygen atoms in total. The second-order valence-corrected chi connectivity index (χ2v) is 5.87. The van der Waals surface area contributed by atoms with Crippen molar-refractivity contribution in [1.29, 1.82) is 0 Å². The molecule has 0 amide bonds. The fraction of sp³-hybridized carbons (Fsp3) is 0.200. The van der Waals surface area contributed by atoms with E-state index in [1.807, 2.05) is 24.3 Å². The molecule has 0 aliphatic rings. The molecule has 1 atom stereocenters. The Kier molecular flexibility index (Phi) is 5.26. The van der Waals surface area contributed by atoms with Crippen LogP contribution in [0.1, 0.15) is 17.0 Å². The van der Waals surface area contributed by atoms with Crippen molar-refractivity contribution in [2.45, 2.75) is 12.3 Å². The molecular weight excluding hydrogens is 350 g/mol. The molecule has 100 valence electrons. The van der Waals surface area contributed by atoms with Crippen LogP contribution in [0.5, 0.6) is 0 Å². The van der Waals surface area contributed by atoms with E-state index in [1.54, 1.807) is 12.1 Å². The molecule has 0 saturated heterocycles. The fourth-order valence-corrected chi connectivity index (χ4v) is 2.93. The summed E-state index contributed by atoms with van der Waals surface area (Å²) in [7, 11) is 0. The van der Waals surface area contributed by atoms with Crippen LogP contribution in [0.4, 0.5) is 4.39 Å². The van der Waals surface area contributed by atoms with Crippen LogP contribution in [0.15, 0.2) is 42.5 Å². The maximum absolute atomic E-state index is 13.8. The summed E-state index contributed by atoms with van der Waals surface area (Å²) in [5.74, 6) is -0.0881. The van der Waals surface area contributed by atoms with E-state index in [1.165, 1.54) is 6.07 Å². The van der Waals surface area contributed by atoms with E-state index in [4.69, 9.17) is 23.2 Å². The Labute approximate surface area is 130 Å². The summed E-state index contributed by atoms with van der Waals surface area (Å²) < 4.78 is 13.8. The van der Waals surface area contributed by atoms with Gasteiger partial charge in [0.2, 0.25) is 0 Å². The van der Waals surface area contributed by atoms with Crippen molar-refractivity contribution in [2.24, 2.45) is 0 Å². The lowest BCUT2D eigenvalue weighted by atomic mass is 9.93. The van der Waals surface area contributed by atoms with E-state index < -0.39 is 0 Å². The van der Waals surface area contributed by atoms with Gasteiger partial charge in [-0.3, -0.25) is 0 Å². The Balaban J connectivity index is 2.24. The van der Waals surface area contributed by atoms with Gasteiger partial charge >= 0.3 is 0 Å². The summed E-state index contributed by atoms with van der Waals surface area (Å²) in [4.78, 5) is 0. The molecule has 4 heteroatoms. The van der Waals surface area contributed by atoms with E-state index >= 15 is 0 Å². The van der Waals surface area contributed by atoms with Gasteiger partial charge in [-0.2, -0.15) is 0 Å². The topological polar surface area (TPSA) is 0 Å². The van der Waals surface area contributed by atoms with Crippen LogP contribution in [-0.2, 0) is 6.42 Å². The number of alkyl halides is 1. The number of hydrogen-bond acceptors (Lipinski definition) is 0. The molecule has 0 spiro atoms. The first-order valence-corrected chi connectivity index (χ1v) is 7.73. The molecular formula is C15H12BrCl2F. The van der Waals surface area contributed by atoms with Crippen LogP contribution in [-0.4, -0.2) is 5.33 Å². The quantitative estimate of drug-likeness (QED) is 0.599. The lowest BCUT2D eigenvalue weighted by molar-refractivity contribution is 0.599. The maximum atomic E-state index is 13.8. The van der Waals surface area contributed by atoms with Gasteiger partial charge in [-0.1, -0.05) is 57.3 Å². The molecule has 0 aromatic heterocycles. The van der Waals surface area contributed by atoms with E-state index in [9.17, 15) is 4.39 Å². The lowest BCUT2D eigenvalue weighted by Gasteiger charge is -2.15. The van der Waals surface area contributed by atoms with Crippen molar-refractivity contribution in [1.82, 2.24) is 0 Å². The average Bonchev–Trinajstić information content (AvgIpc) is 2.38. The molecule has 0 aliphatic carbocycles. The third kappa shape index (κ3) is 3.95. The molecule has 0 radical (unpaired) electrons. The number of benzene rings is 2. The molecule has 0 heterocycles. The second kappa shape index (κ2) is 6.74. The van der Waals surface area contributed by atoms with Gasteiger partial charge < -0.3 is 0 Å². The zero-order chi connectivity index (χ0) is 13.8. The number of rotatable bonds is 4. The van der Waals surface area contributed by atoms with Crippen molar-refractivity contribution in [2.75, 3.05) is 5.33 Å². The first kappa shape index (κ1) is 14.8. The molecule has 0 saturated carbocycles. The summed E-state index contributed by atoms with van der Waals surface area (Å²) in [5.41, 5.74) is 1.76. The largest absolute Gasteiger partial charge is 0.207 e. The Morgan fingerprint density at radius 2 is 1.79 bits per heavy atom. The van der Waals surface area contributed by atoms with E-state index in [0.29, 0.717) is 22.0 Å². The van der Waals surface area contributed by atoms with E-state index in [0.717, 1.165) is 10.9 Å². The van der Waals surface area contributed by atoms with Crippen LogP contribution in [0.25, 0.3) is 0 Å². The summed E-state index contributed by atoms with van der Waals surface area (Å²) in [6.45, 7) is 0. The van der Waals surface area contributed by atoms with E-state index in [-0.39, 0.29) is 11.7 Å². The van der Waals surface area contributed by atoms with Crippen LogP contribution in [0, 0.1) is 5.82 Å². The minimum Gasteiger partial charge on any atom is -0.207 e. The minimum atomic E-state index is -0.263. The highest BCUT2D eigenvalue weighted by Crippen LogP contribution is 2.27. The van der Waals surface area contributed by atoms with Gasteiger partial charge in [-0.25, -0.2) is 4.39 Å². The standard InChI is InChI=1S/C15H12BrCl2F/c16-9-12(10-2-1-3-13(17)7-10)6-11-4-5-14(18)8-15(11)19/h1-5,7-8,12H,6,9H2. The molecule has 0 aliphatic heterocycles. The second-order valence-electron chi connectivity index (χ2n) is 4.35. The fourth-order valence-electron chi connectivity index (χ4n) is 1.97. The third-order valence-corrected chi connectivity index (χ3v) is 4.24. The van der Waals surface area contributed by atoms with Gasteiger partial charge in [0.1, 0.15) is 5.82 Å². The first-order chi connectivity index (χ1) is 9.10. The Hall–Kier alpha value is -0.570. The Morgan fingerprint density at radius 3 is 2.42 bits per heavy atom. The summed E-state index contributed by atoms with van der Waals surface area (Å²) in [5, 5.41) is 1.86. The molecule has 2 aromatic carbocycles. The van der Waals surface area contributed by atoms with Crippen molar-refractivity contribution < 1.29 is 4.39 Å². The predicted octanol–water partition coefficient (Wildman–Crippen LogP) is 5.85. The van der Waals surface area contributed by atoms with Crippen LogP contribution in [0.2, 0.25) is 10.0 Å². The van der Waals surface area contributed by atoms with Crippen molar-refractivity contribution in [3.63, 3.8) is 0 Å². The van der Waals surface area contributed by atoms with Crippen molar-refractivity contribution in [3.8, 4) is 0 Å². The molecule has 0 fully saturated rings. The van der Waals surface area contributed by atoms with Crippen molar-refractivity contribution >= 4 is 39.1 Å². The Morgan fingerprint density at radius 1 is 1.05 bits per heavy atom. The Bertz CT molecular complexity index is 572. The molecule has 2 aromatic rings. The van der Waals surface area contributed by atoms with E-state index in [2.05, 4.69) is 15.9 Å². The van der Waals surface area contributed by atoms with Gasteiger partial charge in [0.05, 0.1) is 0 Å². The predicted molar refractivity (Wildman–Crippen MR) is 83.1 cm³/mol. The maximum Gasteiger partial charge on any atom is 0.127 e. The van der Waals surface area contributed by atoms with Crippen LogP contribution in [0.3, 0.4) is 0 Å². The molecule has 0 bridgehead atoms. The van der Waals surface area contributed by atoms with Crippen LogP contribution >= 0.6 is 39.1 Å². The lowest BCUT2D eigenvalue weighted by Crippen LogP contribution is -2.06. The zero-order valence-corrected chi connectivity index (χ0v) is 13.1.